The van der Waals surface area contributed by atoms with Gasteiger partial charge in [-0.2, -0.15) is 0 Å². The van der Waals surface area contributed by atoms with E-state index in [2.05, 4.69) is 38.1 Å². The lowest BCUT2D eigenvalue weighted by Crippen LogP contribution is -2.29. The molecule has 1 aromatic carbocycles. The van der Waals surface area contributed by atoms with Crippen molar-refractivity contribution in [3.05, 3.63) is 35.4 Å². The van der Waals surface area contributed by atoms with Gasteiger partial charge >= 0.3 is 5.97 Å². The van der Waals surface area contributed by atoms with E-state index in [4.69, 9.17) is 5.11 Å². The molecule has 0 aliphatic carbocycles. The minimum absolute atomic E-state index is 0.0774. The molecule has 0 bridgehead atoms. The summed E-state index contributed by atoms with van der Waals surface area (Å²) in [6.45, 7) is 4.29. The molecule has 0 aliphatic heterocycles. The largest absolute Gasteiger partial charge is 0.480 e. The Hall–Kier alpha value is -1.35. The molecule has 0 heterocycles. The van der Waals surface area contributed by atoms with Crippen LogP contribution in [-0.4, -0.2) is 29.6 Å². The molecule has 3 heteroatoms. The zero-order chi connectivity index (χ0) is 12.8. The molecule has 0 radical (unpaired) electrons. The number of likely N-dealkylation sites (N-methyl/N-ethyl adjacent to an activating group) is 1. The molecule has 1 aromatic rings. The SMILES string of the molecule is CCc1ccc(C(CC)N(C)CC(=O)O)cc1. The highest BCUT2D eigenvalue weighted by Crippen LogP contribution is 2.23. The van der Waals surface area contributed by atoms with Crippen molar-refractivity contribution in [3.8, 4) is 0 Å². The highest BCUT2D eigenvalue weighted by Gasteiger charge is 2.16. The summed E-state index contributed by atoms with van der Waals surface area (Å²) in [6.07, 6.45) is 1.94. The highest BCUT2D eigenvalue weighted by molar-refractivity contribution is 5.69. The van der Waals surface area contributed by atoms with Crippen LogP contribution in [0, 0.1) is 0 Å². The number of carbonyl (C=O) groups is 1. The molecule has 1 atom stereocenters. The second-order valence-corrected chi connectivity index (χ2v) is 4.33. The van der Waals surface area contributed by atoms with Crippen molar-refractivity contribution in [3.63, 3.8) is 0 Å². The molecule has 1 rings (SSSR count). The number of benzene rings is 1. The number of aryl methyl sites for hydroxylation is 1. The van der Waals surface area contributed by atoms with Crippen LogP contribution in [0.5, 0.6) is 0 Å². The Kier molecular flexibility index (Phi) is 5.16. The highest BCUT2D eigenvalue weighted by atomic mass is 16.4. The van der Waals surface area contributed by atoms with Gasteiger partial charge in [0.25, 0.3) is 0 Å². The van der Waals surface area contributed by atoms with Crippen LogP contribution in [0.15, 0.2) is 24.3 Å². The molecule has 0 saturated carbocycles. The molecule has 1 N–H and O–H groups in total. The lowest BCUT2D eigenvalue weighted by atomic mass is 10.0. The zero-order valence-corrected chi connectivity index (χ0v) is 10.8. The Bertz CT molecular complexity index is 359. The van der Waals surface area contributed by atoms with Gasteiger partial charge in [-0.05, 0) is 31.0 Å². The van der Waals surface area contributed by atoms with Gasteiger partial charge < -0.3 is 5.11 Å². The third-order valence-electron chi connectivity index (χ3n) is 3.08. The lowest BCUT2D eigenvalue weighted by Gasteiger charge is -2.26. The first kappa shape index (κ1) is 13.7. The minimum atomic E-state index is -0.781. The van der Waals surface area contributed by atoms with Crippen molar-refractivity contribution in [1.29, 1.82) is 0 Å². The molecule has 94 valence electrons. The van der Waals surface area contributed by atoms with E-state index in [0.717, 1.165) is 12.8 Å². The molecule has 1 unspecified atom stereocenters. The number of nitrogens with zero attached hydrogens (tertiary/aromatic N) is 1. The van der Waals surface area contributed by atoms with Crippen LogP contribution < -0.4 is 0 Å². The number of carboxylic acid groups (broad SMARTS) is 1. The van der Waals surface area contributed by atoms with Crippen molar-refractivity contribution in [2.45, 2.75) is 32.7 Å². The number of aliphatic carboxylic acids is 1. The van der Waals surface area contributed by atoms with Gasteiger partial charge in [0.05, 0.1) is 6.54 Å². The lowest BCUT2D eigenvalue weighted by molar-refractivity contribution is -0.138. The fourth-order valence-corrected chi connectivity index (χ4v) is 2.10. The summed E-state index contributed by atoms with van der Waals surface area (Å²) in [5.74, 6) is -0.781. The van der Waals surface area contributed by atoms with Crippen LogP contribution in [-0.2, 0) is 11.2 Å². The van der Waals surface area contributed by atoms with E-state index in [1.54, 1.807) is 0 Å². The van der Waals surface area contributed by atoms with Gasteiger partial charge in [0.2, 0.25) is 0 Å². The fraction of sp³-hybridized carbons (Fsp3) is 0.500. The first-order chi connectivity index (χ1) is 8.08. The summed E-state index contributed by atoms with van der Waals surface area (Å²) < 4.78 is 0. The summed E-state index contributed by atoms with van der Waals surface area (Å²) in [7, 11) is 1.86. The molecule has 17 heavy (non-hydrogen) atoms. The molecular weight excluding hydrogens is 214 g/mol. The summed E-state index contributed by atoms with van der Waals surface area (Å²) in [5, 5.41) is 8.82. The van der Waals surface area contributed by atoms with Gasteiger partial charge in [-0.15, -0.1) is 0 Å². The molecule has 0 spiro atoms. The first-order valence-corrected chi connectivity index (χ1v) is 6.09. The molecular formula is C14H21NO2. The van der Waals surface area contributed by atoms with E-state index in [1.807, 2.05) is 11.9 Å². The maximum atomic E-state index is 10.7. The number of carboxylic acids is 1. The Morgan fingerprint density at radius 1 is 1.29 bits per heavy atom. The van der Waals surface area contributed by atoms with Gasteiger partial charge in [0, 0.05) is 6.04 Å². The van der Waals surface area contributed by atoms with E-state index in [9.17, 15) is 4.79 Å². The third-order valence-corrected chi connectivity index (χ3v) is 3.08. The Morgan fingerprint density at radius 3 is 2.29 bits per heavy atom. The van der Waals surface area contributed by atoms with E-state index in [0.29, 0.717) is 0 Å². The molecule has 0 aromatic heterocycles. The van der Waals surface area contributed by atoms with Crippen LogP contribution in [0.4, 0.5) is 0 Å². The summed E-state index contributed by atoms with van der Waals surface area (Å²) in [5.41, 5.74) is 2.50. The van der Waals surface area contributed by atoms with Crippen LogP contribution in [0.1, 0.15) is 37.4 Å². The first-order valence-electron chi connectivity index (χ1n) is 6.09. The minimum Gasteiger partial charge on any atom is -0.480 e. The van der Waals surface area contributed by atoms with Crippen molar-refractivity contribution in [2.24, 2.45) is 0 Å². The van der Waals surface area contributed by atoms with E-state index in [-0.39, 0.29) is 12.6 Å². The normalized spacial score (nSPS) is 12.7. The predicted octanol–water partition coefficient (Wildman–Crippen LogP) is 2.72. The van der Waals surface area contributed by atoms with Gasteiger partial charge in [0.15, 0.2) is 0 Å². The van der Waals surface area contributed by atoms with Gasteiger partial charge in [-0.1, -0.05) is 38.1 Å². The Balaban J connectivity index is 2.81. The average Bonchev–Trinajstić information content (AvgIpc) is 2.30. The second kappa shape index (κ2) is 6.40. The topological polar surface area (TPSA) is 40.5 Å². The molecule has 0 fully saturated rings. The van der Waals surface area contributed by atoms with E-state index in [1.165, 1.54) is 11.1 Å². The Labute approximate surface area is 103 Å². The van der Waals surface area contributed by atoms with Crippen molar-refractivity contribution < 1.29 is 9.90 Å². The average molecular weight is 235 g/mol. The quantitative estimate of drug-likeness (QED) is 0.824. The fourth-order valence-electron chi connectivity index (χ4n) is 2.10. The van der Waals surface area contributed by atoms with Gasteiger partial charge in [-0.25, -0.2) is 0 Å². The van der Waals surface area contributed by atoms with Crippen molar-refractivity contribution >= 4 is 5.97 Å². The van der Waals surface area contributed by atoms with Crippen molar-refractivity contribution in [1.82, 2.24) is 4.90 Å². The standard InChI is InChI=1S/C14H21NO2/c1-4-11-6-8-12(9-7-11)13(5-2)15(3)10-14(16)17/h6-9,13H,4-5,10H2,1-3H3,(H,16,17). The smallest absolute Gasteiger partial charge is 0.317 e. The Morgan fingerprint density at radius 2 is 1.88 bits per heavy atom. The van der Waals surface area contributed by atoms with Crippen LogP contribution in [0.3, 0.4) is 0 Å². The van der Waals surface area contributed by atoms with Crippen LogP contribution in [0.25, 0.3) is 0 Å². The third kappa shape index (κ3) is 3.86. The molecule has 0 amide bonds. The monoisotopic (exact) mass is 235 g/mol. The van der Waals surface area contributed by atoms with Crippen LogP contribution >= 0.6 is 0 Å². The molecule has 3 nitrogen and oxygen atoms in total. The predicted molar refractivity (Wildman–Crippen MR) is 69.1 cm³/mol. The van der Waals surface area contributed by atoms with Gasteiger partial charge in [-0.3, -0.25) is 9.69 Å². The number of hydrogen-bond donors (Lipinski definition) is 1. The summed E-state index contributed by atoms with van der Waals surface area (Å²) in [4.78, 5) is 12.6. The molecule has 0 saturated heterocycles. The second-order valence-electron chi connectivity index (χ2n) is 4.33. The zero-order valence-electron chi connectivity index (χ0n) is 10.8. The number of rotatable bonds is 6. The molecule has 0 aliphatic rings. The summed E-state index contributed by atoms with van der Waals surface area (Å²) >= 11 is 0. The van der Waals surface area contributed by atoms with E-state index >= 15 is 0 Å². The van der Waals surface area contributed by atoms with Crippen LogP contribution in [0.2, 0.25) is 0 Å². The van der Waals surface area contributed by atoms with Gasteiger partial charge in [0.1, 0.15) is 0 Å². The maximum absolute atomic E-state index is 10.7. The number of hydrogen-bond acceptors (Lipinski definition) is 2. The summed E-state index contributed by atoms with van der Waals surface area (Å²) in [6, 6.07) is 8.62. The maximum Gasteiger partial charge on any atom is 0.317 e. The van der Waals surface area contributed by atoms with Crippen molar-refractivity contribution in [2.75, 3.05) is 13.6 Å². The van der Waals surface area contributed by atoms with E-state index < -0.39 is 5.97 Å².